The lowest BCUT2D eigenvalue weighted by atomic mass is 9.95. The minimum absolute atomic E-state index is 0.0189. The molecular weight excluding hydrogens is 2460 g/mol. The average Bonchev–Trinajstić information content (AvgIpc) is 0.756. The maximum absolute atomic E-state index is 13.7. The number of aliphatic hydroxyl groups is 1. The van der Waals surface area contributed by atoms with Crippen molar-refractivity contribution in [3.63, 3.8) is 0 Å². The number of esters is 15. The number of ether oxygens (including phenoxy) is 28. The summed E-state index contributed by atoms with van der Waals surface area (Å²) in [5, 5.41) is 11.1. The summed E-state index contributed by atoms with van der Waals surface area (Å²) in [6.07, 6.45) is -59.2. The molecule has 0 bridgehead atoms. The van der Waals surface area contributed by atoms with Crippen LogP contribution in [0.3, 0.4) is 0 Å². The number of carbonyl (C=O) groups is 15. The molecule has 696 valence electrons. The van der Waals surface area contributed by atoms with E-state index in [0.717, 1.165) is 104 Å². The molecule has 0 aromatic carbocycles. The van der Waals surface area contributed by atoms with E-state index in [0.29, 0.717) is 0 Å². The molecule has 7 aliphatic rings. The molecule has 35 atom stereocenters. The first-order valence-electron chi connectivity index (χ1n) is 37.6. The molecule has 44 nitrogen and oxygen atoms in total. The van der Waals surface area contributed by atoms with Crippen LogP contribution in [0, 0.1) is 0 Å². The van der Waals surface area contributed by atoms with Crippen molar-refractivity contribution in [3.8, 4) is 0 Å². The molecule has 0 amide bonds. The van der Waals surface area contributed by atoms with E-state index in [9.17, 15) is 77.0 Å². The van der Waals surface area contributed by atoms with Gasteiger partial charge >= 0.3 is 89.5 Å². The van der Waals surface area contributed by atoms with Gasteiger partial charge in [0.25, 0.3) is 0 Å². The number of rotatable bonds is 34. The van der Waals surface area contributed by atoms with Crippen molar-refractivity contribution in [1.29, 1.82) is 0 Å². The molecule has 0 aliphatic carbocycles. The second kappa shape index (κ2) is 49.7. The smallest absolute Gasteiger partial charge is 0.303 e. The fraction of sp³-hybridized carbons (Fsp3) is 0.792. The van der Waals surface area contributed by atoms with Crippen LogP contribution in [0.5, 0.6) is 0 Å². The molecule has 7 saturated heterocycles. The van der Waals surface area contributed by atoms with Gasteiger partial charge in [-0.25, -0.2) is 0 Å². The van der Waals surface area contributed by atoms with Crippen molar-refractivity contribution in [2.45, 2.75) is 319 Å². The van der Waals surface area contributed by atoms with Gasteiger partial charge in [0, 0.05) is 135 Å². The zero-order chi connectivity index (χ0) is 91.6. The number of hydrogen-bond acceptors (Lipinski definition) is 44. The van der Waals surface area contributed by atoms with Gasteiger partial charge in [-0.2, -0.15) is 0 Å². The Morgan fingerprint density at radius 3 is 0.447 bits per heavy atom. The fourth-order valence-corrected chi connectivity index (χ4v) is 19.4. The van der Waals surface area contributed by atoms with Gasteiger partial charge in [-0.15, -0.1) is 0 Å². The van der Waals surface area contributed by atoms with E-state index in [-0.39, 0.29) is 31.0 Å². The van der Waals surface area contributed by atoms with Crippen molar-refractivity contribution in [3.05, 3.63) is 0 Å². The Bertz CT molecular complexity index is 3700. The summed E-state index contributed by atoms with van der Waals surface area (Å²) in [5.41, 5.74) is 0. The summed E-state index contributed by atoms with van der Waals surface area (Å²) in [6, 6.07) is 0. The lowest BCUT2D eigenvalue weighted by Crippen LogP contribution is -2.70. The molecule has 7 aliphatic heterocycles. The van der Waals surface area contributed by atoms with Crippen molar-refractivity contribution < 1.29 is 210 Å². The monoisotopic (exact) mass is 2550 g/mol. The Balaban J connectivity index is 1.26. The zero-order valence-corrected chi connectivity index (χ0v) is 83.4. The Labute approximate surface area is 799 Å². The number of hydrogen-bond donors (Lipinski definition) is 1. The maximum atomic E-state index is 13.7. The van der Waals surface area contributed by atoms with Crippen LogP contribution in [0.25, 0.3) is 0 Å². The summed E-state index contributed by atoms with van der Waals surface area (Å²) in [6.45, 7) is 15.1. The lowest BCUT2D eigenvalue weighted by molar-refractivity contribution is -0.390. The van der Waals surface area contributed by atoms with Gasteiger partial charge in [0.1, 0.15) is 42.7 Å². The molecule has 0 radical (unpaired) electrons. The third-order valence-electron chi connectivity index (χ3n) is 18.5. The summed E-state index contributed by atoms with van der Waals surface area (Å²) in [5.74, 6) is -14.8. The van der Waals surface area contributed by atoms with Gasteiger partial charge in [-0.05, 0) is 0 Å². The molecule has 0 spiro atoms. The van der Waals surface area contributed by atoms with Crippen LogP contribution in [-0.4, -0.2) is 341 Å². The highest BCUT2D eigenvalue weighted by Crippen LogP contribution is 2.44. The minimum Gasteiger partial charge on any atom is -0.456 e. The third kappa shape index (κ3) is 29.3. The highest BCUT2D eigenvalue weighted by atomic mass is 127. The van der Waals surface area contributed by atoms with Crippen LogP contribution >= 0.6 is 158 Å². The van der Waals surface area contributed by atoms with Crippen LogP contribution in [-0.2, 0) is 205 Å². The summed E-state index contributed by atoms with van der Waals surface area (Å²) in [4.78, 5) is 198. The van der Waals surface area contributed by atoms with Gasteiger partial charge in [0.2, 0.25) is 0 Å². The zero-order valence-electron chi connectivity index (χ0n) is 68.3. The Morgan fingerprint density at radius 2 is 0.293 bits per heavy atom. The van der Waals surface area contributed by atoms with Gasteiger partial charge in [-0.1, -0.05) is 158 Å². The normalized spacial score (nSPS) is 37.3. The lowest BCUT2D eigenvalue weighted by Gasteiger charge is -2.52. The highest BCUT2D eigenvalue weighted by Gasteiger charge is 2.65. The third-order valence-corrected chi connectivity index (χ3v) is 24.6. The Hall–Kier alpha value is -3.40. The first kappa shape index (κ1) is 107. The maximum Gasteiger partial charge on any atom is 0.303 e. The topological polar surface area (TPSA) is 535 Å². The molecule has 7 heterocycles. The van der Waals surface area contributed by atoms with E-state index < -0.39 is 304 Å². The fourth-order valence-electron chi connectivity index (χ4n) is 14.4. The quantitative estimate of drug-likeness (QED) is 0.0418. The Kier molecular flexibility index (Phi) is 43.1. The SMILES string of the molecule is CC(=O)O[C@@H]1[C@@H](OC(C)=O)[C@@H](O)O[C@H](CI)[C@H]1O[C@H]1O[C@H](CI)[C@@H](O[C@H]2O[C@H](CI)[C@@H](O[C@H]3O[C@H](CI)[C@@H](O[C@H]4O[C@H](CI)[C@@H](O[C@H]5O[C@H](CI)[C@@H](O[C@H]6O[C@H](CI)[C@@H](OC(C)=O)[C@H](OC(C)=O)[C@H]6OC(C)=O)[C@H](OC(C)=O)[C@H]5OC(C)=O)[C@H](OC(C)=O)[C@H]4OC(C)=O)[C@H](OC(C)=O)[C@H]3OC(C)=O)[C@H](OC(C)=O)[C@H]2OC(C)=O)[C@H](OC(C)=O)[C@H]1OC(C)=O. The van der Waals surface area contributed by atoms with E-state index in [1.165, 1.54) is 0 Å². The van der Waals surface area contributed by atoms with Crippen molar-refractivity contribution >= 4 is 248 Å². The Morgan fingerprint density at radius 1 is 0.179 bits per heavy atom. The van der Waals surface area contributed by atoms with Crippen molar-refractivity contribution in [1.82, 2.24) is 0 Å². The molecule has 0 saturated carbocycles. The molecule has 7 fully saturated rings. The molecule has 1 N–H and O–H groups in total. The number of alkyl halides is 7. The van der Waals surface area contributed by atoms with Crippen LogP contribution in [0.15, 0.2) is 0 Å². The second-order valence-electron chi connectivity index (χ2n) is 28.1. The van der Waals surface area contributed by atoms with Crippen LogP contribution in [0.4, 0.5) is 0 Å². The van der Waals surface area contributed by atoms with Crippen molar-refractivity contribution in [2.75, 3.05) is 31.0 Å². The number of halogens is 7. The predicted octanol–water partition coefficient (Wildman–Crippen LogP) is 2.38. The molecule has 123 heavy (non-hydrogen) atoms. The molecule has 0 aromatic rings. The van der Waals surface area contributed by atoms with E-state index in [4.69, 9.17) is 133 Å². The average molecular weight is 2550 g/mol. The summed E-state index contributed by atoms with van der Waals surface area (Å²) >= 11 is 13.2. The van der Waals surface area contributed by atoms with E-state index in [1.54, 1.807) is 0 Å². The van der Waals surface area contributed by atoms with E-state index in [1.807, 2.05) is 158 Å². The molecule has 51 heteroatoms. The van der Waals surface area contributed by atoms with E-state index in [2.05, 4.69) is 0 Å². The van der Waals surface area contributed by atoms with Crippen LogP contribution in [0.1, 0.15) is 104 Å². The summed E-state index contributed by atoms with van der Waals surface area (Å²) in [7, 11) is 0. The molecular formula is C72H95I7O44. The number of aliphatic hydroxyl groups excluding tert-OH is 1. The molecule has 0 aromatic heterocycles. The van der Waals surface area contributed by atoms with E-state index >= 15 is 0 Å². The first-order chi connectivity index (χ1) is 57.9. The van der Waals surface area contributed by atoms with Gasteiger partial charge in [0.05, 0.1) is 36.6 Å². The van der Waals surface area contributed by atoms with Crippen molar-refractivity contribution in [2.24, 2.45) is 0 Å². The minimum atomic E-state index is -1.97. The van der Waals surface area contributed by atoms with Gasteiger partial charge in [0.15, 0.2) is 136 Å². The number of carbonyl (C=O) groups excluding carboxylic acids is 15. The predicted molar refractivity (Wildman–Crippen MR) is 458 cm³/mol. The molecule has 0 unspecified atom stereocenters. The summed E-state index contributed by atoms with van der Waals surface area (Å²) < 4.78 is 172. The molecule has 7 rings (SSSR count). The van der Waals surface area contributed by atoms with Crippen LogP contribution < -0.4 is 0 Å². The van der Waals surface area contributed by atoms with Gasteiger partial charge in [-0.3, -0.25) is 71.9 Å². The highest BCUT2D eigenvalue weighted by molar-refractivity contribution is 14.1. The first-order valence-corrected chi connectivity index (χ1v) is 48.3. The van der Waals surface area contributed by atoms with Gasteiger partial charge < -0.3 is 138 Å². The largest absolute Gasteiger partial charge is 0.456 e. The standard InChI is InChI=1S/C72H95I7O44/c1-23(80)96-45-39(17-74)112-67(60(105-32(10)89)53(45)98-25(3)82)119-47-41(19-76)114-69(62(107-34(12)91)55(47)100-27(5)84)121-49-43(21-78)116-71(64(109-36(14)93)57(49)102-29(7)86)123-51-44(22-79)117-72(65(110-37(15)94)58(51)103-30(8)87)122-50-42(20-77)115-70(63(108-35(13)92)56(50)101-28(6)85)120-48-40(18-75)113-68(61(106-33(11)90)54(48)99-26(4)83)118-46-38(16-73)111-66(95)59(104-31(9)88)52(46)97-24(2)81/h38-72,95H,16-22H2,1-15H3/t38-,39-,40-,41-,42-,43-,44-,45-,46-,47-,48-,49-,50-,51-,52+,53+,54+,55+,56+,57+,58+,59-,60-,61-,62-,63-,64-,65-,66+,67-,68-,69-,70-,71-,72-/m1/s1. The second-order valence-corrected chi connectivity index (χ2v) is 34.3. The van der Waals surface area contributed by atoms with Crippen LogP contribution in [0.2, 0.25) is 0 Å².